The molecule has 5 heteroatoms. The van der Waals surface area contributed by atoms with Gasteiger partial charge in [0.25, 0.3) is 5.91 Å². The zero-order chi connectivity index (χ0) is 18.5. The van der Waals surface area contributed by atoms with E-state index < -0.39 is 6.04 Å². The van der Waals surface area contributed by atoms with E-state index in [4.69, 9.17) is 6.57 Å². The van der Waals surface area contributed by atoms with Crippen LogP contribution in [0.15, 0.2) is 36.4 Å². The number of benzene rings is 1. The van der Waals surface area contributed by atoms with Crippen molar-refractivity contribution < 1.29 is 9.18 Å². The van der Waals surface area contributed by atoms with E-state index in [0.717, 1.165) is 12.8 Å². The molecular formula is C21H24FN3O. The number of carbonyl (C=O) groups excluding carboxylic acids is 1. The largest absolute Gasteiger partial charge is 0.364 e. The van der Waals surface area contributed by atoms with Crippen LogP contribution < -0.4 is 5.32 Å². The van der Waals surface area contributed by atoms with Gasteiger partial charge in [0.2, 0.25) is 5.82 Å². The highest BCUT2D eigenvalue weighted by Gasteiger charge is 2.24. The van der Waals surface area contributed by atoms with E-state index in [1.165, 1.54) is 25.3 Å². The van der Waals surface area contributed by atoms with Gasteiger partial charge in [-0.25, -0.2) is 4.39 Å². The van der Waals surface area contributed by atoms with E-state index in [-0.39, 0.29) is 11.7 Å². The summed E-state index contributed by atoms with van der Waals surface area (Å²) in [5, 5.41) is 2.87. The standard InChI is InChI=1S/C21H24FN3O/c1-15(17-10-6-7-11-18(17)22)24-21(26)19-12-13-20(23-2)25(19)14-16-8-4-3-5-9-16/h6-7,10-13,15-16H,3-5,8-9,14H2,1H3,(H,24,26)/t15-/m0/s1. The number of aromatic nitrogens is 1. The Morgan fingerprint density at radius 2 is 2.00 bits per heavy atom. The van der Waals surface area contributed by atoms with Crippen LogP contribution in [0.4, 0.5) is 10.2 Å². The molecule has 1 heterocycles. The van der Waals surface area contributed by atoms with Gasteiger partial charge in [0.15, 0.2) is 5.69 Å². The molecule has 0 aliphatic heterocycles. The number of amides is 1. The Bertz CT molecular complexity index is 815. The number of halogens is 1. The zero-order valence-electron chi connectivity index (χ0n) is 15.0. The molecular weight excluding hydrogens is 329 g/mol. The van der Waals surface area contributed by atoms with Crippen molar-refractivity contribution in [2.75, 3.05) is 0 Å². The van der Waals surface area contributed by atoms with Crippen molar-refractivity contribution >= 4 is 11.7 Å². The molecule has 1 N–H and O–H groups in total. The van der Waals surface area contributed by atoms with Crippen LogP contribution in [-0.2, 0) is 6.54 Å². The maximum atomic E-state index is 13.9. The zero-order valence-corrected chi connectivity index (χ0v) is 15.0. The predicted octanol–water partition coefficient (Wildman–Crippen LogP) is 5.25. The van der Waals surface area contributed by atoms with Gasteiger partial charge in [-0.15, -0.1) is 0 Å². The highest BCUT2D eigenvalue weighted by atomic mass is 19.1. The molecule has 2 aromatic rings. The van der Waals surface area contributed by atoms with Gasteiger partial charge in [-0.3, -0.25) is 9.36 Å². The molecule has 4 nitrogen and oxygen atoms in total. The van der Waals surface area contributed by atoms with E-state index >= 15 is 0 Å². The fourth-order valence-corrected chi connectivity index (χ4v) is 3.75. The van der Waals surface area contributed by atoms with Crippen LogP contribution >= 0.6 is 0 Å². The molecule has 26 heavy (non-hydrogen) atoms. The van der Waals surface area contributed by atoms with Crippen molar-refractivity contribution in [1.29, 1.82) is 0 Å². The SMILES string of the molecule is [C-]#[N+]c1ccc(C(=O)N[C@@H](C)c2ccccc2F)n1CC1CCCCC1. The Morgan fingerprint density at radius 1 is 1.27 bits per heavy atom. The molecule has 3 rings (SSSR count). The van der Waals surface area contributed by atoms with Gasteiger partial charge in [0.05, 0.1) is 12.6 Å². The second kappa shape index (κ2) is 8.18. The Kier molecular flexibility index (Phi) is 5.72. The summed E-state index contributed by atoms with van der Waals surface area (Å²) in [6, 6.07) is 9.39. The van der Waals surface area contributed by atoms with Gasteiger partial charge < -0.3 is 10.2 Å². The number of hydrogen-bond acceptors (Lipinski definition) is 1. The molecule has 1 amide bonds. The van der Waals surface area contributed by atoms with Crippen LogP contribution in [0, 0.1) is 18.3 Å². The van der Waals surface area contributed by atoms with E-state index in [1.54, 1.807) is 37.3 Å². The Morgan fingerprint density at radius 3 is 2.69 bits per heavy atom. The fraction of sp³-hybridized carbons (Fsp3) is 0.429. The molecule has 0 unspecified atom stereocenters. The van der Waals surface area contributed by atoms with Gasteiger partial charge in [0.1, 0.15) is 5.82 Å². The molecule has 0 bridgehead atoms. The third-order valence-corrected chi connectivity index (χ3v) is 5.19. The average molecular weight is 353 g/mol. The minimum absolute atomic E-state index is 0.272. The average Bonchev–Trinajstić information content (AvgIpc) is 3.05. The fourth-order valence-electron chi connectivity index (χ4n) is 3.75. The first-order chi connectivity index (χ1) is 12.6. The lowest BCUT2D eigenvalue weighted by atomic mass is 9.89. The molecule has 1 atom stereocenters. The molecule has 136 valence electrons. The molecule has 1 fully saturated rings. The summed E-state index contributed by atoms with van der Waals surface area (Å²) >= 11 is 0. The van der Waals surface area contributed by atoms with Crippen molar-refractivity contribution in [3.63, 3.8) is 0 Å². The molecule has 1 aliphatic rings. The van der Waals surface area contributed by atoms with E-state index in [2.05, 4.69) is 10.2 Å². The van der Waals surface area contributed by atoms with Crippen molar-refractivity contribution in [3.05, 3.63) is 64.9 Å². The Labute approximate surface area is 153 Å². The van der Waals surface area contributed by atoms with Crippen LogP contribution in [0.25, 0.3) is 4.85 Å². The van der Waals surface area contributed by atoms with E-state index in [0.29, 0.717) is 29.5 Å². The summed E-state index contributed by atoms with van der Waals surface area (Å²) in [6.07, 6.45) is 5.98. The number of hydrogen-bond donors (Lipinski definition) is 1. The number of rotatable bonds is 5. The van der Waals surface area contributed by atoms with E-state index in [9.17, 15) is 9.18 Å². The van der Waals surface area contributed by atoms with Crippen LogP contribution in [0.1, 0.15) is 61.1 Å². The van der Waals surface area contributed by atoms with Gasteiger partial charge in [-0.2, -0.15) is 0 Å². The van der Waals surface area contributed by atoms with E-state index in [1.807, 2.05) is 4.57 Å². The lowest BCUT2D eigenvalue weighted by Crippen LogP contribution is -2.30. The molecule has 0 radical (unpaired) electrons. The van der Waals surface area contributed by atoms with Crippen LogP contribution in [0.2, 0.25) is 0 Å². The second-order valence-electron chi connectivity index (χ2n) is 7.02. The van der Waals surface area contributed by atoms with Crippen LogP contribution in [0.5, 0.6) is 0 Å². The van der Waals surface area contributed by atoms with Gasteiger partial charge in [0, 0.05) is 5.56 Å². The minimum Gasteiger partial charge on any atom is -0.364 e. The molecule has 1 saturated carbocycles. The first-order valence-electron chi connectivity index (χ1n) is 9.22. The van der Waals surface area contributed by atoms with Gasteiger partial charge >= 0.3 is 0 Å². The maximum Gasteiger partial charge on any atom is 0.290 e. The summed E-state index contributed by atoms with van der Waals surface area (Å²) in [7, 11) is 0. The Hall–Kier alpha value is -2.61. The topological polar surface area (TPSA) is 38.4 Å². The van der Waals surface area contributed by atoms with Crippen molar-refractivity contribution in [1.82, 2.24) is 9.88 Å². The normalized spacial score (nSPS) is 16.0. The third kappa shape index (κ3) is 3.96. The predicted molar refractivity (Wildman–Crippen MR) is 99.6 cm³/mol. The Balaban J connectivity index is 1.77. The van der Waals surface area contributed by atoms with Crippen LogP contribution in [-0.4, -0.2) is 10.5 Å². The first kappa shape index (κ1) is 18.2. The number of nitrogens with one attached hydrogen (secondary N) is 1. The van der Waals surface area contributed by atoms with Crippen molar-refractivity contribution in [2.24, 2.45) is 5.92 Å². The first-order valence-corrected chi connectivity index (χ1v) is 9.22. The highest BCUT2D eigenvalue weighted by Crippen LogP contribution is 2.28. The smallest absolute Gasteiger partial charge is 0.290 e. The summed E-state index contributed by atoms with van der Waals surface area (Å²) < 4.78 is 15.8. The minimum atomic E-state index is -0.446. The molecule has 1 aliphatic carbocycles. The van der Waals surface area contributed by atoms with Crippen molar-refractivity contribution in [3.8, 4) is 0 Å². The van der Waals surface area contributed by atoms with Crippen molar-refractivity contribution in [2.45, 2.75) is 51.6 Å². The summed E-state index contributed by atoms with van der Waals surface area (Å²) in [5.41, 5.74) is 0.932. The van der Waals surface area contributed by atoms with Gasteiger partial charge in [-0.1, -0.05) is 44.0 Å². The molecule has 0 saturated heterocycles. The molecule has 0 spiro atoms. The highest BCUT2D eigenvalue weighted by molar-refractivity contribution is 5.93. The molecule has 1 aromatic heterocycles. The lowest BCUT2D eigenvalue weighted by Gasteiger charge is -2.22. The summed E-state index contributed by atoms with van der Waals surface area (Å²) in [5.74, 6) is 0.387. The number of carbonyl (C=O) groups is 1. The van der Waals surface area contributed by atoms with Gasteiger partial charge in [-0.05, 0) is 43.9 Å². The quantitative estimate of drug-likeness (QED) is 0.733. The lowest BCUT2D eigenvalue weighted by molar-refractivity contribution is 0.0928. The monoisotopic (exact) mass is 353 g/mol. The maximum absolute atomic E-state index is 13.9. The summed E-state index contributed by atoms with van der Waals surface area (Å²) in [6.45, 7) is 9.84. The summed E-state index contributed by atoms with van der Waals surface area (Å²) in [4.78, 5) is 16.3. The van der Waals surface area contributed by atoms with Crippen LogP contribution in [0.3, 0.4) is 0 Å². The number of nitrogens with zero attached hydrogens (tertiary/aromatic N) is 2. The third-order valence-electron chi connectivity index (χ3n) is 5.19. The molecule has 1 aromatic carbocycles. The second-order valence-corrected chi connectivity index (χ2v) is 7.02.